The molecule has 0 saturated carbocycles. The Kier molecular flexibility index (Phi) is 4.18. The molecule has 0 spiro atoms. The van der Waals surface area contributed by atoms with Gasteiger partial charge >= 0.3 is 0 Å². The maximum atomic E-state index is 9.99. The molecule has 0 bridgehead atoms. The van der Waals surface area contributed by atoms with Gasteiger partial charge in [0.05, 0.1) is 12.1 Å². The Balaban J connectivity index is 1.45. The number of aromatic hydroxyl groups is 1. The van der Waals surface area contributed by atoms with E-state index in [9.17, 15) is 5.11 Å². The zero-order valence-electron chi connectivity index (χ0n) is 14.6. The number of rotatable bonds is 5. The maximum Gasteiger partial charge on any atom is 0.236 e. The van der Waals surface area contributed by atoms with Gasteiger partial charge < -0.3 is 15.0 Å². The Morgan fingerprint density at radius 1 is 1.11 bits per heavy atom. The van der Waals surface area contributed by atoms with Crippen molar-refractivity contribution in [3.05, 3.63) is 66.1 Å². The first-order valence-electron chi connectivity index (χ1n) is 8.66. The first kappa shape index (κ1) is 17.1. The smallest absolute Gasteiger partial charge is 0.236 e. The molecule has 0 unspecified atom stereocenters. The Labute approximate surface area is 169 Å². The van der Waals surface area contributed by atoms with E-state index in [2.05, 4.69) is 39.3 Å². The standard InChI is InChI=1S/C19H16N6OS2/c26-16-6-2-5-15-14(16)7-8-24(15)10-17-21-22-19-25(17)23-18(28-19)20-13-4-1-3-12(9-13)11-27/h1-9,26-27H,10-11H2,(H,20,23). The van der Waals surface area contributed by atoms with Crippen LogP contribution in [0.2, 0.25) is 0 Å². The van der Waals surface area contributed by atoms with E-state index in [1.807, 2.05) is 47.2 Å². The lowest BCUT2D eigenvalue weighted by Crippen LogP contribution is -2.04. The number of nitrogens with one attached hydrogen (secondary N) is 1. The van der Waals surface area contributed by atoms with E-state index in [4.69, 9.17) is 0 Å². The predicted octanol–water partition coefficient (Wildman–Crippen LogP) is 4.07. The van der Waals surface area contributed by atoms with Crippen LogP contribution >= 0.6 is 24.0 Å². The molecule has 0 radical (unpaired) electrons. The molecule has 0 amide bonds. The lowest BCUT2D eigenvalue weighted by Gasteiger charge is -2.04. The molecule has 28 heavy (non-hydrogen) atoms. The number of phenols is 1. The van der Waals surface area contributed by atoms with Crippen molar-refractivity contribution in [2.45, 2.75) is 12.3 Å². The van der Waals surface area contributed by atoms with Crippen LogP contribution in [0.3, 0.4) is 0 Å². The summed E-state index contributed by atoms with van der Waals surface area (Å²) in [5.41, 5.74) is 3.04. The van der Waals surface area contributed by atoms with E-state index in [1.54, 1.807) is 10.6 Å². The zero-order chi connectivity index (χ0) is 19.1. The summed E-state index contributed by atoms with van der Waals surface area (Å²) in [5, 5.41) is 28.0. The molecule has 5 aromatic rings. The average Bonchev–Trinajstić information content (AvgIpc) is 3.39. The van der Waals surface area contributed by atoms with Gasteiger partial charge in [0, 0.05) is 23.0 Å². The number of thiol groups is 1. The first-order valence-corrected chi connectivity index (χ1v) is 10.1. The van der Waals surface area contributed by atoms with Gasteiger partial charge in [-0.05, 0) is 35.9 Å². The quantitative estimate of drug-likeness (QED) is 0.382. The second-order valence-electron chi connectivity index (χ2n) is 6.35. The monoisotopic (exact) mass is 408 g/mol. The molecule has 3 aromatic heterocycles. The van der Waals surface area contributed by atoms with E-state index < -0.39 is 0 Å². The van der Waals surface area contributed by atoms with Crippen LogP contribution in [-0.4, -0.2) is 29.5 Å². The zero-order valence-corrected chi connectivity index (χ0v) is 16.4. The Morgan fingerprint density at radius 3 is 2.89 bits per heavy atom. The highest BCUT2D eigenvalue weighted by Crippen LogP contribution is 2.27. The lowest BCUT2D eigenvalue weighted by atomic mass is 10.2. The normalized spacial score (nSPS) is 11.5. The number of hydrogen-bond donors (Lipinski definition) is 3. The first-order chi connectivity index (χ1) is 13.7. The summed E-state index contributed by atoms with van der Waals surface area (Å²) in [6, 6.07) is 15.4. The number of benzene rings is 2. The number of aromatic nitrogens is 5. The van der Waals surface area contributed by atoms with Gasteiger partial charge in [0.2, 0.25) is 10.1 Å². The molecule has 0 saturated heterocycles. The fourth-order valence-corrected chi connectivity index (χ4v) is 4.15. The molecule has 5 rings (SSSR count). The van der Waals surface area contributed by atoms with Gasteiger partial charge in [0.15, 0.2) is 5.82 Å². The van der Waals surface area contributed by atoms with Gasteiger partial charge in [-0.1, -0.05) is 29.5 Å². The molecular weight excluding hydrogens is 392 g/mol. The molecule has 2 aromatic carbocycles. The molecule has 0 aliphatic carbocycles. The Bertz CT molecular complexity index is 1290. The molecule has 2 N–H and O–H groups in total. The number of anilines is 2. The van der Waals surface area contributed by atoms with Gasteiger partial charge in [0.1, 0.15) is 5.75 Å². The van der Waals surface area contributed by atoms with Crippen molar-refractivity contribution in [2.24, 2.45) is 0 Å². The molecule has 140 valence electrons. The summed E-state index contributed by atoms with van der Waals surface area (Å²) in [5.74, 6) is 1.68. The molecule has 0 atom stereocenters. The van der Waals surface area contributed by atoms with Gasteiger partial charge in [-0.15, -0.1) is 15.3 Å². The van der Waals surface area contributed by atoms with E-state index >= 15 is 0 Å². The van der Waals surface area contributed by atoms with Crippen molar-refractivity contribution in [3.63, 3.8) is 0 Å². The van der Waals surface area contributed by atoms with Crippen LogP contribution in [-0.2, 0) is 12.3 Å². The summed E-state index contributed by atoms with van der Waals surface area (Å²) in [4.78, 5) is 0.724. The summed E-state index contributed by atoms with van der Waals surface area (Å²) in [7, 11) is 0. The highest BCUT2D eigenvalue weighted by atomic mass is 32.1. The van der Waals surface area contributed by atoms with Crippen molar-refractivity contribution >= 4 is 50.6 Å². The lowest BCUT2D eigenvalue weighted by molar-refractivity contribution is 0.481. The summed E-state index contributed by atoms with van der Waals surface area (Å²) < 4.78 is 3.78. The molecule has 9 heteroatoms. The highest BCUT2D eigenvalue weighted by Gasteiger charge is 2.14. The van der Waals surface area contributed by atoms with Crippen LogP contribution in [0.4, 0.5) is 10.8 Å². The third-order valence-electron chi connectivity index (χ3n) is 4.52. The molecule has 0 aliphatic rings. The van der Waals surface area contributed by atoms with E-state index in [0.717, 1.165) is 38.1 Å². The second-order valence-corrected chi connectivity index (χ2v) is 7.63. The molecule has 7 nitrogen and oxygen atoms in total. The van der Waals surface area contributed by atoms with Crippen molar-refractivity contribution in [3.8, 4) is 5.75 Å². The van der Waals surface area contributed by atoms with Crippen LogP contribution < -0.4 is 5.32 Å². The molecular formula is C19H16N6OS2. The van der Waals surface area contributed by atoms with Crippen LogP contribution in [0.5, 0.6) is 5.75 Å². The number of phenolic OH excluding ortho intramolecular Hbond substituents is 1. The minimum absolute atomic E-state index is 0.270. The fraction of sp³-hybridized carbons (Fsp3) is 0.105. The van der Waals surface area contributed by atoms with Crippen LogP contribution in [0.15, 0.2) is 54.7 Å². The van der Waals surface area contributed by atoms with Crippen LogP contribution in [0.1, 0.15) is 11.4 Å². The van der Waals surface area contributed by atoms with Gasteiger partial charge in [-0.2, -0.15) is 17.1 Å². The summed E-state index contributed by atoms with van der Waals surface area (Å²) in [6.45, 7) is 0.506. The minimum Gasteiger partial charge on any atom is -0.507 e. The Morgan fingerprint density at radius 2 is 2.00 bits per heavy atom. The van der Waals surface area contributed by atoms with Crippen molar-refractivity contribution in [1.82, 2.24) is 24.4 Å². The molecule has 0 aliphatic heterocycles. The summed E-state index contributed by atoms with van der Waals surface area (Å²) >= 11 is 5.76. The van der Waals surface area contributed by atoms with Crippen molar-refractivity contribution in [1.29, 1.82) is 0 Å². The molecule has 3 heterocycles. The second kappa shape index (κ2) is 6.84. The maximum absolute atomic E-state index is 9.99. The van der Waals surface area contributed by atoms with Crippen LogP contribution in [0.25, 0.3) is 15.9 Å². The van der Waals surface area contributed by atoms with Crippen molar-refractivity contribution < 1.29 is 5.11 Å². The summed E-state index contributed by atoms with van der Waals surface area (Å²) in [6.07, 6.45) is 1.93. The minimum atomic E-state index is 0.270. The number of nitrogens with zero attached hydrogens (tertiary/aromatic N) is 5. The third kappa shape index (κ3) is 2.98. The SMILES string of the molecule is Oc1cccc2c1ccn2Cc1nnc2sc(Nc3cccc(CS)c3)nn12. The number of hydrogen-bond acceptors (Lipinski definition) is 7. The Hall–Kier alpha value is -3.04. The van der Waals surface area contributed by atoms with E-state index in [1.165, 1.54) is 11.3 Å². The van der Waals surface area contributed by atoms with Crippen molar-refractivity contribution in [2.75, 3.05) is 5.32 Å². The van der Waals surface area contributed by atoms with Crippen LogP contribution in [0, 0.1) is 0 Å². The topological polar surface area (TPSA) is 80.3 Å². The van der Waals surface area contributed by atoms with Gasteiger partial charge in [0.25, 0.3) is 0 Å². The van der Waals surface area contributed by atoms with Gasteiger partial charge in [-0.25, -0.2) is 0 Å². The largest absolute Gasteiger partial charge is 0.507 e. The number of fused-ring (bicyclic) bond motifs is 2. The fourth-order valence-electron chi connectivity index (χ4n) is 3.17. The van der Waals surface area contributed by atoms with E-state index in [-0.39, 0.29) is 5.75 Å². The molecule has 0 fully saturated rings. The average molecular weight is 409 g/mol. The third-order valence-corrected chi connectivity index (χ3v) is 5.70. The predicted molar refractivity (Wildman–Crippen MR) is 114 cm³/mol. The highest BCUT2D eigenvalue weighted by molar-refractivity contribution is 7.79. The van der Waals surface area contributed by atoms with Gasteiger partial charge in [-0.3, -0.25) is 0 Å². The van der Waals surface area contributed by atoms with E-state index in [0.29, 0.717) is 12.3 Å².